The molecule has 0 N–H and O–H groups in total. The number of hydrogen-bond donors (Lipinski definition) is 0. The second-order valence-corrected chi connectivity index (χ2v) is 0. The Morgan fingerprint density at radius 3 is 1.25 bits per heavy atom. The van der Waals surface area contributed by atoms with Crippen molar-refractivity contribution in [1.29, 1.82) is 0 Å². The minimum Gasteiger partial charge on any atom is -0.197 e. The van der Waals surface area contributed by atoms with E-state index < -0.39 is 0 Å². The third-order valence-corrected chi connectivity index (χ3v) is 0. The second-order valence-electron chi connectivity index (χ2n) is 0. The van der Waals surface area contributed by atoms with Crippen LogP contribution in [0.2, 0.25) is 0 Å². The van der Waals surface area contributed by atoms with E-state index in [0.717, 1.165) is 0 Å². The molecule has 0 aliphatic carbocycles. The first-order valence-corrected chi connectivity index (χ1v) is 0.500. The van der Waals surface area contributed by atoms with Crippen LogP contribution < -0.4 is 0 Å². The van der Waals surface area contributed by atoms with Crippen molar-refractivity contribution < 1.29 is 37.8 Å². The summed E-state index contributed by atoms with van der Waals surface area (Å²) in [6, 6.07) is 0. The second kappa shape index (κ2) is 34.8. The fourth-order valence-electron chi connectivity index (χ4n) is 0. The molecule has 0 atom stereocenters. The average molecular weight is 163 g/mol. The molecule has 0 amide bonds. The van der Waals surface area contributed by atoms with Crippen molar-refractivity contribution in [2.24, 2.45) is 0 Å². The molecule has 0 aromatic heterocycles. The molecule has 0 spiro atoms. The van der Waals surface area contributed by atoms with Gasteiger partial charge < -0.3 is 0 Å². The van der Waals surface area contributed by atoms with Crippen LogP contribution in [0.25, 0.3) is 0 Å². The van der Waals surface area contributed by atoms with E-state index in [1.165, 1.54) is 0 Å². The van der Waals surface area contributed by atoms with Crippen LogP contribution in [0.1, 0.15) is 0 Å². The first-order chi connectivity index (χ1) is 1.00. The summed E-state index contributed by atoms with van der Waals surface area (Å²) in [5, 5.41) is 0. The molecule has 30 valence electrons. The van der Waals surface area contributed by atoms with Gasteiger partial charge in [0.2, 0.25) is 0 Å². The molecular weight excluding hydrogens is 163 g/mol. The van der Waals surface area contributed by atoms with Crippen LogP contribution in [0.15, 0.2) is 0 Å². The Morgan fingerprint density at radius 1 is 1.25 bits per heavy atom. The van der Waals surface area contributed by atoms with Gasteiger partial charge in [-0.1, -0.05) is 0 Å². The molecule has 0 bridgehead atoms. The smallest absolute Gasteiger partial charge is 0.197 e. The third kappa shape index (κ3) is 11.7. The van der Waals surface area contributed by atoms with Crippen molar-refractivity contribution >= 4 is 12.5 Å². The van der Waals surface area contributed by atoms with Crippen LogP contribution in [0, 0.1) is 0 Å². The standard InChI is InChI=1S/Fe.Ni.OS/c;;1-2. The fraction of sp³-hybridized carbons (Fsp3) is 0. The summed E-state index contributed by atoms with van der Waals surface area (Å²) in [6.45, 7) is 0. The van der Waals surface area contributed by atoms with Gasteiger partial charge in [0.1, 0.15) is 0 Å². The Bertz CT molecular complexity index is 8.00. The zero-order valence-electron chi connectivity index (χ0n) is 1.49. The minimum atomic E-state index is 0. The van der Waals surface area contributed by atoms with E-state index in [-0.39, 0.29) is 33.6 Å². The van der Waals surface area contributed by atoms with Crippen LogP contribution in [-0.4, -0.2) is 4.21 Å². The molecule has 0 aliphatic heterocycles. The van der Waals surface area contributed by atoms with E-state index in [2.05, 4.69) is 12.5 Å². The van der Waals surface area contributed by atoms with Gasteiger partial charge in [0, 0.05) is 33.6 Å². The quantitative estimate of drug-likeness (QED) is 0.454. The van der Waals surface area contributed by atoms with Crippen LogP contribution in [0.5, 0.6) is 0 Å². The van der Waals surface area contributed by atoms with Gasteiger partial charge in [0.05, 0.1) is 0 Å². The molecule has 4 heteroatoms. The average Bonchev–Trinajstić information content (AvgIpc) is 1.00. The van der Waals surface area contributed by atoms with Gasteiger partial charge in [0.25, 0.3) is 0 Å². The molecule has 4 heavy (non-hydrogen) atoms. The predicted molar refractivity (Wildman–Crippen MR) is 8.14 cm³/mol. The monoisotopic (exact) mass is 162 g/mol. The van der Waals surface area contributed by atoms with E-state index in [9.17, 15) is 0 Å². The first kappa shape index (κ1) is 19.8. The van der Waals surface area contributed by atoms with Gasteiger partial charge in [0.15, 0.2) is 12.5 Å². The zero-order chi connectivity index (χ0) is 2.00. The maximum atomic E-state index is 7.83. The molecule has 1 nitrogen and oxygen atoms in total. The molecule has 0 aliphatic rings. The van der Waals surface area contributed by atoms with E-state index in [0.29, 0.717) is 0 Å². The predicted octanol–water partition coefficient (Wildman–Crippen LogP) is -0.341. The summed E-state index contributed by atoms with van der Waals surface area (Å²) in [5.74, 6) is 0. The normalized spacial score (nSPS) is 1.00. The Morgan fingerprint density at radius 2 is 1.25 bits per heavy atom. The van der Waals surface area contributed by atoms with Crippen LogP contribution in [0.3, 0.4) is 0 Å². The zero-order valence-corrected chi connectivity index (χ0v) is 4.39. The van der Waals surface area contributed by atoms with Crippen molar-refractivity contribution in [1.82, 2.24) is 0 Å². The molecule has 0 fully saturated rings. The largest absolute Gasteiger partial charge is 0.197 e. The molecule has 0 saturated carbocycles. The van der Waals surface area contributed by atoms with E-state index in [1.54, 1.807) is 0 Å². The summed E-state index contributed by atoms with van der Waals surface area (Å²) in [5.41, 5.74) is 0. The van der Waals surface area contributed by atoms with Gasteiger partial charge in [-0.05, 0) is 0 Å². The number of rotatable bonds is 0. The van der Waals surface area contributed by atoms with E-state index in [4.69, 9.17) is 4.21 Å². The summed E-state index contributed by atoms with van der Waals surface area (Å²) in [7, 11) is 0. The molecule has 0 aromatic carbocycles. The Kier molecular flexibility index (Phi) is 172. The van der Waals surface area contributed by atoms with Crippen molar-refractivity contribution in [2.75, 3.05) is 0 Å². The van der Waals surface area contributed by atoms with Crippen LogP contribution >= 0.6 is 0 Å². The third-order valence-electron chi connectivity index (χ3n) is 0. The Balaban J connectivity index is -0.00000000500. The SMILES string of the molecule is O=S.[Fe].[Ni]. The summed E-state index contributed by atoms with van der Waals surface area (Å²) in [6.07, 6.45) is 0. The molecule has 0 rings (SSSR count). The molecule has 0 heterocycles. The van der Waals surface area contributed by atoms with Crippen molar-refractivity contribution in [3.05, 3.63) is 0 Å². The van der Waals surface area contributed by atoms with Gasteiger partial charge in [-0.2, -0.15) is 4.21 Å². The molecular formula is FeNiOS. The van der Waals surface area contributed by atoms with E-state index in [1.807, 2.05) is 0 Å². The topological polar surface area (TPSA) is 17.1 Å². The minimum absolute atomic E-state index is 0. The van der Waals surface area contributed by atoms with Gasteiger partial charge in [-0.15, -0.1) is 0 Å². The Hall–Kier alpha value is 1.03. The van der Waals surface area contributed by atoms with Crippen molar-refractivity contribution in [3.8, 4) is 0 Å². The fourth-order valence-corrected chi connectivity index (χ4v) is 0. The maximum absolute atomic E-state index is 7.83. The maximum Gasteiger partial charge on any atom is 0.197 e. The van der Waals surface area contributed by atoms with Gasteiger partial charge in [-0.25, -0.2) is 0 Å². The summed E-state index contributed by atoms with van der Waals surface area (Å²) >= 11 is 2.83. The van der Waals surface area contributed by atoms with Crippen LogP contribution in [-0.2, 0) is 46.1 Å². The molecule has 0 unspecified atom stereocenters. The van der Waals surface area contributed by atoms with E-state index >= 15 is 0 Å². The first-order valence-electron chi connectivity index (χ1n) is 0.167. The van der Waals surface area contributed by atoms with Gasteiger partial charge >= 0.3 is 0 Å². The number of hydrogen-bond acceptors (Lipinski definition) is 2. The molecule has 0 aromatic rings. The Labute approximate surface area is 50.5 Å². The molecule has 0 radical (unpaired) electrons. The summed E-state index contributed by atoms with van der Waals surface area (Å²) in [4.78, 5) is 0. The molecule has 0 saturated heterocycles. The van der Waals surface area contributed by atoms with Gasteiger partial charge in [-0.3, -0.25) is 0 Å². The summed E-state index contributed by atoms with van der Waals surface area (Å²) < 4.78 is 7.83. The van der Waals surface area contributed by atoms with Crippen molar-refractivity contribution in [2.45, 2.75) is 0 Å². The van der Waals surface area contributed by atoms with Crippen molar-refractivity contribution in [3.63, 3.8) is 0 Å². The van der Waals surface area contributed by atoms with Crippen LogP contribution in [0.4, 0.5) is 0 Å².